The van der Waals surface area contributed by atoms with Crippen LogP contribution in [-0.4, -0.2) is 24.1 Å². The average Bonchev–Trinajstić information content (AvgIpc) is 3.16. The second-order valence-electron chi connectivity index (χ2n) is 6.87. The van der Waals surface area contributed by atoms with Gasteiger partial charge in [-0.2, -0.15) is 0 Å². The van der Waals surface area contributed by atoms with Gasteiger partial charge in [0, 0.05) is 18.7 Å². The zero-order chi connectivity index (χ0) is 22.1. The minimum absolute atomic E-state index is 0.0455. The summed E-state index contributed by atoms with van der Waals surface area (Å²) >= 11 is 19.8. The van der Waals surface area contributed by atoms with Crippen molar-refractivity contribution in [2.75, 3.05) is 16.8 Å². The van der Waals surface area contributed by atoms with E-state index >= 15 is 0 Å². The van der Waals surface area contributed by atoms with Gasteiger partial charge in [-0.15, -0.1) is 11.3 Å². The van der Waals surface area contributed by atoms with E-state index in [1.807, 2.05) is 0 Å². The lowest BCUT2D eigenvalue weighted by Crippen LogP contribution is -2.31. The molecule has 3 aromatic rings. The average molecular weight is 494 g/mol. The Morgan fingerprint density at radius 1 is 1.00 bits per heavy atom. The third kappa shape index (κ3) is 4.34. The first-order chi connectivity index (χ1) is 14.9. The summed E-state index contributed by atoms with van der Waals surface area (Å²) in [7, 11) is 0. The Morgan fingerprint density at radius 3 is 2.58 bits per heavy atom. The van der Waals surface area contributed by atoms with Crippen LogP contribution in [-0.2, 0) is 0 Å². The van der Waals surface area contributed by atoms with Crippen LogP contribution in [0.5, 0.6) is 0 Å². The number of hydrogen-bond donors (Lipinski definition) is 1. The predicted octanol–water partition coefficient (Wildman–Crippen LogP) is 6.58. The maximum absolute atomic E-state index is 13.2. The van der Waals surface area contributed by atoms with Crippen LogP contribution in [0.2, 0.25) is 15.1 Å². The van der Waals surface area contributed by atoms with Gasteiger partial charge in [0.1, 0.15) is 0 Å². The van der Waals surface area contributed by atoms with Crippen molar-refractivity contribution in [1.29, 1.82) is 0 Å². The Balaban J connectivity index is 1.57. The largest absolute Gasteiger partial charge is 0.322 e. The van der Waals surface area contributed by atoms with E-state index in [1.54, 1.807) is 46.7 Å². The van der Waals surface area contributed by atoms with Crippen LogP contribution in [0.25, 0.3) is 0 Å². The van der Waals surface area contributed by atoms with Gasteiger partial charge in [-0.3, -0.25) is 14.4 Å². The maximum Gasteiger partial charge on any atom is 0.259 e. The van der Waals surface area contributed by atoms with Gasteiger partial charge in [-0.25, -0.2) is 0 Å². The number of carbonyl (C=O) groups is 3. The fourth-order valence-corrected chi connectivity index (χ4v) is 4.87. The molecule has 0 saturated carbocycles. The molecule has 4 rings (SSSR count). The number of benzene rings is 2. The van der Waals surface area contributed by atoms with Crippen molar-refractivity contribution in [2.45, 2.75) is 12.8 Å². The van der Waals surface area contributed by atoms with Crippen LogP contribution < -0.4 is 10.2 Å². The molecule has 1 aliphatic heterocycles. The van der Waals surface area contributed by atoms with Crippen molar-refractivity contribution in [3.63, 3.8) is 0 Å². The Morgan fingerprint density at radius 2 is 1.81 bits per heavy atom. The number of anilines is 2. The third-order valence-electron chi connectivity index (χ3n) is 4.87. The van der Waals surface area contributed by atoms with Crippen molar-refractivity contribution in [2.24, 2.45) is 0 Å². The lowest BCUT2D eigenvalue weighted by molar-refractivity contribution is 0.0975. The number of ketones is 1. The van der Waals surface area contributed by atoms with Crippen molar-refractivity contribution in [3.05, 3.63) is 78.9 Å². The number of amides is 2. The van der Waals surface area contributed by atoms with E-state index in [4.69, 9.17) is 34.8 Å². The van der Waals surface area contributed by atoms with Gasteiger partial charge in [-0.05, 0) is 48.2 Å². The highest BCUT2D eigenvalue weighted by Crippen LogP contribution is 2.33. The maximum atomic E-state index is 13.2. The van der Waals surface area contributed by atoms with Gasteiger partial charge in [-0.1, -0.05) is 40.9 Å². The summed E-state index contributed by atoms with van der Waals surface area (Å²) in [5, 5.41) is 5.12. The normalized spacial score (nSPS) is 13.5. The number of Topliss-reactive ketones (excluding diaryl/α,β-unsaturated/α-hetero) is 1. The van der Waals surface area contributed by atoms with Crippen molar-refractivity contribution < 1.29 is 14.4 Å². The molecule has 1 aromatic heterocycles. The van der Waals surface area contributed by atoms with Gasteiger partial charge >= 0.3 is 0 Å². The molecule has 31 heavy (non-hydrogen) atoms. The van der Waals surface area contributed by atoms with Gasteiger partial charge in [0.2, 0.25) is 0 Å². The van der Waals surface area contributed by atoms with Gasteiger partial charge in [0.05, 0.1) is 36.8 Å². The summed E-state index contributed by atoms with van der Waals surface area (Å²) in [6.07, 6.45) is 0.986. The van der Waals surface area contributed by atoms with Crippen molar-refractivity contribution >= 4 is 75.1 Å². The van der Waals surface area contributed by atoms with Crippen LogP contribution in [0.15, 0.2) is 47.8 Å². The van der Waals surface area contributed by atoms with E-state index in [9.17, 15) is 14.4 Å². The molecule has 2 heterocycles. The van der Waals surface area contributed by atoms with E-state index in [0.29, 0.717) is 35.6 Å². The van der Waals surface area contributed by atoms with Crippen LogP contribution in [0.3, 0.4) is 0 Å². The van der Waals surface area contributed by atoms with E-state index in [-0.39, 0.29) is 37.9 Å². The molecule has 0 unspecified atom stereocenters. The molecule has 2 aromatic carbocycles. The molecule has 0 bridgehead atoms. The monoisotopic (exact) mass is 492 g/mol. The molecular formula is C22H15Cl3N2O3S. The number of rotatable bonds is 3. The Labute approximate surface area is 197 Å². The van der Waals surface area contributed by atoms with Crippen LogP contribution in [0.4, 0.5) is 11.4 Å². The van der Waals surface area contributed by atoms with E-state index in [0.717, 1.165) is 0 Å². The minimum atomic E-state index is -0.448. The first-order valence-corrected chi connectivity index (χ1v) is 11.4. The number of nitrogens with one attached hydrogen (secondary N) is 1. The molecular weight excluding hydrogens is 479 g/mol. The number of thiophene rings is 1. The van der Waals surface area contributed by atoms with Gasteiger partial charge < -0.3 is 10.2 Å². The summed E-state index contributed by atoms with van der Waals surface area (Å²) < 4.78 is 0. The summed E-state index contributed by atoms with van der Waals surface area (Å²) in [4.78, 5) is 40.1. The molecule has 1 aliphatic rings. The summed E-state index contributed by atoms with van der Waals surface area (Å²) in [5.74, 6) is -0.698. The second-order valence-corrected chi connectivity index (χ2v) is 8.98. The lowest BCUT2D eigenvalue weighted by atomic mass is 10.1. The standard InChI is InChI=1S/C22H15Cl3N2O3S/c23-15-4-1-3-14(19(15)25)21(29)26-12-6-7-13(16(24)11-12)22(30)27-9-2-5-18(28)20-17(27)8-10-31-20/h1,3-4,6-8,10-11H,2,5,9H2,(H,26,29). The number of halogens is 3. The highest BCUT2D eigenvalue weighted by atomic mass is 35.5. The second kappa shape index (κ2) is 9.01. The third-order valence-corrected chi connectivity index (χ3v) is 6.95. The zero-order valence-electron chi connectivity index (χ0n) is 16.0. The lowest BCUT2D eigenvalue weighted by Gasteiger charge is -2.21. The number of carbonyl (C=O) groups excluding carboxylic acids is 3. The van der Waals surface area contributed by atoms with Crippen LogP contribution >= 0.6 is 46.1 Å². The van der Waals surface area contributed by atoms with Crippen LogP contribution in [0, 0.1) is 0 Å². The molecule has 0 spiro atoms. The molecule has 0 aliphatic carbocycles. The fraction of sp³-hybridized carbons (Fsp3) is 0.136. The summed E-state index contributed by atoms with van der Waals surface area (Å²) in [6, 6.07) is 11.2. The summed E-state index contributed by atoms with van der Waals surface area (Å²) in [5.41, 5.74) is 1.53. The Bertz CT molecular complexity index is 1210. The topological polar surface area (TPSA) is 66.5 Å². The minimum Gasteiger partial charge on any atom is -0.322 e. The number of fused-ring (bicyclic) bond motifs is 1. The fourth-order valence-electron chi connectivity index (χ4n) is 3.36. The van der Waals surface area contributed by atoms with Gasteiger partial charge in [0.25, 0.3) is 11.8 Å². The first kappa shape index (κ1) is 21.8. The van der Waals surface area contributed by atoms with Gasteiger partial charge in [0.15, 0.2) is 5.78 Å². The van der Waals surface area contributed by atoms with Crippen LogP contribution in [0.1, 0.15) is 43.2 Å². The molecule has 158 valence electrons. The Hall–Kier alpha value is -2.38. The predicted molar refractivity (Wildman–Crippen MR) is 125 cm³/mol. The molecule has 5 nitrogen and oxygen atoms in total. The van der Waals surface area contributed by atoms with E-state index < -0.39 is 5.91 Å². The molecule has 0 radical (unpaired) electrons. The van der Waals surface area contributed by atoms with E-state index in [1.165, 1.54) is 17.4 Å². The number of nitrogens with zero attached hydrogens (tertiary/aromatic N) is 1. The molecule has 0 atom stereocenters. The van der Waals surface area contributed by atoms with Crippen molar-refractivity contribution in [3.8, 4) is 0 Å². The van der Waals surface area contributed by atoms with E-state index in [2.05, 4.69) is 5.32 Å². The van der Waals surface area contributed by atoms with Crippen molar-refractivity contribution in [1.82, 2.24) is 0 Å². The zero-order valence-corrected chi connectivity index (χ0v) is 19.0. The molecule has 0 saturated heterocycles. The first-order valence-electron chi connectivity index (χ1n) is 9.34. The highest BCUT2D eigenvalue weighted by molar-refractivity contribution is 7.12. The smallest absolute Gasteiger partial charge is 0.259 e. The molecule has 2 amide bonds. The molecule has 1 N–H and O–H groups in total. The quantitative estimate of drug-likeness (QED) is 0.448. The Kier molecular flexibility index (Phi) is 6.34. The highest BCUT2D eigenvalue weighted by Gasteiger charge is 2.28. The SMILES string of the molecule is O=C(Nc1ccc(C(=O)N2CCCC(=O)c3sccc32)c(Cl)c1)c1cccc(Cl)c1Cl. The molecule has 0 fully saturated rings. The number of hydrogen-bond acceptors (Lipinski definition) is 4. The molecule has 9 heteroatoms. The summed E-state index contributed by atoms with van der Waals surface area (Å²) in [6.45, 7) is 0.427.